The third-order valence-electron chi connectivity index (χ3n) is 7.20. The largest absolute Gasteiger partial charge is 0.469 e. The molecule has 3 heterocycles. The number of carbonyl (C=O) groups is 1. The summed E-state index contributed by atoms with van der Waals surface area (Å²) in [6, 6.07) is 0.0248. The highest BCUT2D eigenvalue weighted by molar-refractivity contribution is 5.75. The van der Waals surface area contributed by atoms with E-state index in [9.17, 15) is 9.59 Å². The van der Waals surface area contributed by atoms with Crippen molar-refractivity contribution in [1.82, 2.24) is 19.1 Å². The van der Waals surface area contributed by atoms with Crippen LogP contribution in [0.2, 0.25) is 0 Å². The molecule has 2 aromatic rings. The molecule has 3 unspecified atom stereocenters. The van der Waals surface area contributed by atoms with Crippen LogP contribution >= 0.6 is 0 Å². The molecule has 2 aromatic heterocycles. The number of methoxy groups -OCH3 is 1. The van der Waals surface area contributed by atoms with E-state index in [-0.39, 0.29) is 35.3 Å². The van der Waals surface area contributed by atoms with Gasteiger partial charge in [-0.3, -0.25) is 13.9 Å². The number of nitrogens with zero attached hydrogens (tertiary/aromatic N) is 4. The van der Waals surface area contributed by atoms with Crippen molar-refractivity contribution in [2.24, 2.45) is 13.0 Å². The van der Waals surface area contributed by atoms with Gasteiger partial charge in [0.25, 0.3) is 0 Å². The van der Waals surface area contributed by atoms with Gasteiger partial charge in [0.15, 0.2) is 5.65 Å². The van der Waals surface area contributed by atoms with Gasteiger partial charge in [-0.15, -0.1) is 0 Å². The van der Waals surface area contributed by atoms with Crippen LogP contribution in [0.4, 0.5) is 5.95 Å². The van der Waals surface area contributed by atoms with Crippen LogP contribution in [0.5, 0.6) is 0 Å². The number of esters is 1. The number of fused-ring (bicyclic) bond motifs is 1. The van der Waals surface area contributed by atoms with E-state index in [4.69, 9.17) is 14.5 Å². The molecule has 3 aliphatic rings. The monoisotopic (exact) mass is 415 g/mol. The summed E-state index contributed by atoms with van der Waals surface area (Å²) in [5, 5.41) is 3.37. The van der Waals surface area contributed by atoms with Crippen LogP contribution in [-0.2, 0) is 21.3 Å². The van der Waals surface area contributed by atoms with Crippen molar-refractivity contribution < 1.29 is 14.3 Å². The second kappa shape index (κ2) is 7.37. The molecule has 9 nitrogen and oxygen atoms in total. The second-order valence-electron chi connectivity index (χ2n) is 8.98. The SMILES string of the molecule is COC(=O)C1CC2(CCCO2)CC1Nc1ncc2c(n1)n(C1CCCC1)c(=O)n2C. The Morgan fingerprint density at radius 2 is 2.10 bits per heavy atom. The molecular weight excluding hydrogens is 386 g/mol. The van der Waals surface area contributed by atoms with Crippen LogP contribution in [0, 0.1) is 5.92 Å². The standard InChI is InChI=1S/C21H29N5O4/c1-25-16-12-22-19(24-17(16)26(20(25)28)13-6-3-4-7-13)23-15-11-21(8-5-9-30-21)10-14(15)18(27)29-2/h12-15H,3-11H2,1-2H3,(H,22,23,24). The molecule has 2 saturated carbocycles. The predicted molar refractivity (Wildman–Crippen MR) is 110 cm³/mol. The number of carbonyl (C=O) groups excluding carboxylic acids is 1. The quantitative estimate of drug-likeness (QED) is 0.764. The summed E-state index contributed by atoms with van der Waals surface area (Å²) >= 11 is 0. The van der Waals surface area contributed by atoms with Crippen molar-refractivity contribution in [3.63, 3.8) is 0 Å². The van der Waals surface area contributed by atoms with Crippen LogP contribution in [0.3, 0.4) is 0 Å². The lowest BCUT2D eigenvalue weighted by atomic mass is 9.97. The van der Waals surface area contributed by atoms with Crippen LogP contribution in [0.1, 0.15) is 57.4 Å². The summed E-state index contributed by atoms with van der Waals surface area (Å²) in [7, 11) is 3.19. The fourth-order valence-corrected chi connectivity index (χ4v) is 5.66. The lowest BCUT2D eigenvalue weighted by Gasteiger charge is -2.22. The highest BCUT2D eigenvalue weighted by Gasteiger charge is 2.51. The van der Waals surface area contributed by atoms with E-state index in [1.807, 2.05) is 4.57 Å². The Labute approximate surface area is 174 Å². The minimum absolute atomic E-state index is 0.0463. The minimum Gasteiger partial charge on any atom is -0.469 e. The highest BCUT2D eigenvalue weighted by Crippen LogP contribution is 2.45. The molecule has 3 atom stereocenters. The Balaban J connectivity index is 1.48. The van der Waals surface area contributed by atoms with E-state index >= 15 is 0 Å². The summed E-state index contributed by atoms with van der Waals surface area (Å²) in [4.78, 5) is 34.5. The van der Waals surface area contributed by atoms with Crippen LogP contribution in [0.25, 0.3) is 11.2 Å². The maximum atomic E-state index is 12.8. The number of imidazole rings is 1. The van der Waals surface area contributed by atoms with Gasteiger partial charge in [-0.05, 0) is 38.5 Å². The van der Waals surface area contributed by atoms with E-state index in [2.05, 4.69) is 10.3 Å². The van der Waals surface area contributed by atoms with E-state index < -0.39 is 0 Å². The molecule has 5 rings (SSSR count). The van der Waals surface area contributed by atoms with Gasteiger partial charge in [0, 0.05) is 25.7 Å². The molecule has 3 fully saturated rings. The summed E-state index contributed by atoms with van der Waals surface area (Å²) in [5.41, 5.74) is 1.07. The third kappa shape index (κ3) is 3.10. The molecule has 1 saturated heterocycles. The number of ether oxygens (including phenoxy) is 2. The summed E-state index contributed by atoms with van der Waals surface area (Å²) in [6.07, 6.45) is 9.30. The maximum absolute atomic E-state index is 12.8. The average Bonchev–Trinajstić information content (AvgIpc) is 3.52. The predicted octanol–water partition coefficient (Wildman–Crippen LogP) is 2.16. The molecule has 2 aliphatic carbocycles. The summed E-state index contributed by atoms with van der Waals surface area (Å²) in [5.74, 6) is -0.0995. The lowest BCUT2D eigenvalue weighted by Crippen LogP contribution is -2.31. The smallest absolute Gasteiger partial charge is 0.330 e. The van der Waals surface area contributed by atoms with Gasteiger partial charge in [0.1, 0.15) is 5.52 Å². The zero-order valence-corrected chi connectivity index (χ0v) is 17.6. The van der Waals surface area contributed by atoms with Crippen molar-refractivity contribution in [1.29, 1.82) is 0 Å². The van der Waals surface area contributed by atoms with Crippen LogP contribution in [-0.4, -0.2) is 50.4 Å². The molecule has 0 bridgehead atoms. The van der Waals surface area contributed by atoms with Gasteiger partial charge in [-0.2, -0.15) is 4.98 Å². The first-order valence-electron chi connectivity index (χ1n) is 10.9. The second-order valence-corrected chi connectivity index (χ2v) is 8.98. The number of hydrogen-bond acceptors (Lipinski definition) is 7. The van der Waals surface area contributed by atoms with E-state index in [1.54, 1.807) is 17.8 Å². The molecule has 162 valence electrons. The van der Waals surface area contributed by atoms with E-state index in [0.717, 1.165) is 57.1 Å². The number of nitrogens with one attached hydrogen (secondary N) is 1. The molecule has 0 radical (unpaired) electrons. The third-order valence-corrected chi connectivity index (χ3v) is 7.20. The van der Waals surface area contributed by atoms with Gasteiger partial charge in [-0.25, -0.2) is 9.78 Å². The van der Waals surface area contributed by atoms with Crippen molar-refractivity contribution in [2.45, 2.75) is 69.1 Å². The van der Waals surface area contributed by atoms with Crippen LogP contribution < -0.4 is 11.0 Å². The first-order valence-corrected chi connectivity index (χ1v) is 10.9. The Morgan fingerprint density at radius 1 is 1.30 bits per heavy atom. The molecule has 1 aliphatic heterocycles. The molecule has 1 N–H and O–H groups in total. The first-order chi connectivity index (χ1) is 14.5. The topological polar surface area (TPSA) is 100 Å². The normalized spacial score (nSPS) is 29.3. The average molecular weight is 415 g/mol. The number of aryl methyl sites for hydroxylation is 1. The van der Waals surface area contributed by atoms with E-state index in [0.29, 0.717) is 18.0 Å². The zero-order valence-electron chi connectivity index (χ0n) is 17.6. The molecule has 0 amide bonds. The Bertz CT molecular complexity index is 1020. The highest BCUT2D eigenvalue weighted by atomic mass is 16.5. The fourth-order valence-electron chi connectivity index (χ4n) is 5.66. The Hall–Kier alpha value is -2.42. The van der Waals surface area contributed by atoms with Crippen molar-refractivity contribution in [2.75, 3.05) is 19.0 Å². The van der Waals surface area contributed by atoms with Gasteiger partial charge in [0.05, 0.1) is 24.8 Å². The molecular formula is C21H29N5O4. The lowest BCUT2D eigenvalue weighted by molar-refractivity contribution is -0.146. The van der Waals surface area contributed by atoms with Crippen molar-refractivity contribution in [3.05, 3.63) is 16.7 Å². The summed E-state index contributed by atoms with van der Waals surface area (Å²) < 4.78 is 14.5. The molecule has 0 aromatic carbocycles. The Morgan fingerprint density at radius 3 is 2.80 bits per heavy atom. The van der Waals surface area contributed by atoms with Crippen LogP contribution in [0.15, 0.2) is 11.0 Å². The van der Waals surface area contributed by atoms with Crippen molar-refractivity contribution in [3.8, 4) is 0 Å². The molecule has 9 heteroatoms. The Kier molecular flexibility index (Phi) is 4.80. The van der Waals surface area contributed by atoms with Gasteiger partial charge < -0.3 is 14.8 Å². The van der Waals surface area contributed by atoms with E-state index in [1.165, 1.54) is 7.11 Å². The number of aromatic nitrogens is 4. The fraction of sp³-hybridized carbons (Fsp3) is 0.714. The number of hydrogen-bond donors (Lipinski definition) is 1. The molecule has 1 spiro atoms. The van der Waals surface area contributed by atoms with Gasteiger partial charge >= 0.3 is 11.7 Å². The number of anilines is 1. The first kappa shape index (κ1) is 19.5. The van der Waals surface area contributed by atoms with Crippen molar-refractivity contribution >= 4 is 23.1 Å². The van der Waals surface area contributed by atoms with Gasteiger partial charge in [0.2, 0.25) is 5.95 Å². The maximum Gasteiger partial charge on any atom is 0.330 e. The number of rotatable bonds is 4. The zero-order chi connectivity index (χ0) is 20.9. The summed E-state index contributed by atoms with van der Waals surface area (Å²) in [6.45, 7) is 0.737. The van der Waals surface area contributed by atoms with Gasteiger partial charge in [-0.1, -0.05) is 12.8 Å². The minimum atomic E-state index is -0.305. The molecule has 30 heavy (non-hydrogen) atoms.